The number of carboxylic acid groups (broad SMARTS) is 1. The summed E-state index contributed by atoms with van der Waals surface area (Å²) in [5.74, 6) is -0.527. The maximum atomic E-state index is 11.2. The molecule has 0 spiro atoms. The number of carboxylic acids is 1. The lowest BCUT2D eigenvalue weighted by Crippen LogP contribution is -2.49. The van der Waals surface area contributed by atoms with Crippen molar-refractivity contribution >= 4 is 11.9 Å². The van der Waals surface area contributed by atoms with Crippen molar-refractivity contribution in [1.29, 1.82) is 0 Å². The molecule has 1 amide bonds. The summed E-state index contributed by atoms with van der Waals surface area (Å²) in [5.41, 5.74) is 0. The summed E-state index contributed by atoms with van der Waals surface area (Å²) >= 11 is 0. The summed E-state index contributed by atoms with van der Waals surface area (Å²) in [6.07, 6.45) is 3.21. The van der Waals surface area contributed by atoms with Gasteiger partial charge in [-0.2, -0.15) is 0 Å². The highest BCUT2D eigenvalue weighted by Gasteiger charge is 2.33. The maximum absolute atomic E-state index is 11.2. The van der Waals surface area contributed by atoms with Crippen molar-refractivity contribution in [3.05, 3.63) is 0 Å². The van der Waals surface area contributed by atoms with Crippen LogP contribution >= 0.6 is 0 Å². The predicted octanol–water partition coefficient (Wildman–Crippen LogP) is 0.698. The normalized spacial score (nSPS) is 25.5. The lowest BCUT2D eigenvalue weighted by molar-refractivity contribution is -0.146. The van der Waals surface area contributed by atoms with Crippen LogP contribution in [0, 0.1) is 5.92 Å². The molecule has 0 bridgehead atoms. The standard InChI is InChI=1S/C12H22N2O3/c1-9-5-3-7-14(11(9)12(16)17)8-4-6-10(15)13-2/h9,11H,3-8H2,1-2H3,(H,13,15)(H,16,17). The Balaban J connectivity index is 2.44. The van der Waals surface area contributed by atoms with Gasteiger partial charge in [0.2, 0.25) is 5.91 Å². The van der Waals surface area contributed by atoms with Gasteiger partial charge in [0.05, 0.1) is 0 Å². The lowest BCUT2D eigenvalue weighted by atomic mass is 9.90. The first-order chi connectivity index (χ1) is 8.06. The monoisotopic (exact) mass is 242 g/mol. The van der Waals surface area contributed by atoms with E-state index < -0.39 is 5.97 Å². The first-order valence-electron chi connectivity index (χ1n) is 6.23. The Morgan fingerprint density at radius 2 is 2.18 bits per heavy atom. The van der Waals surface area contributed by atoms with Gasteiger partial charge in [0.15, 0.2) is 0 Å². The number of carbonyl (C=O) groups excluding carboxylic acids is 1. The molecule has 98 valence electrons. The molecule has 1 rings (SSSR count). The van der Waals surface area contributed by atoms with Gasteiger partial charge < -0.3 is 10.4 Å². The number of rotatable bonds is 5. The topological polar surface area (TPSA) is 69.6 Å². The van der Waals surface area contributed by atoms with Crippen molar-refractivity contribution in [2.24, 2.45) is 5.92 Å². The van der Waals surface area contributed by atoms with E-state index in [-0.39, 0.29) is 17.9 Å². The number of aliphatic carboxylic acids is 1. The first-order valence-corrected chi connectivity index (χ1v) is 6.23. The van der Waals surface area contributed by atoms with Crippen molar-refractivity contribution in [1.82, 2.24) is 10.2 Å². The quantitative estimate of drug-likeness (QED) is 0.744. The molecule has 2 unspecified atom stereocenters. The zero-order valence-corrected chi connectivity index (χ0v) is 10.6. The van der Waals surface area contributed by atoms with Crippen LogP contribution in [0.1, 0.15) is 32.6 Å². The van der Waals surface area contributed by atoms with E-state index >= 15 is 0 Å². The molecule has 1 aliphatic heterocycles. The minimum absolute atomic E-state index is 0.0157. The molecule has 2 atom stereocenters. The second kappa shape index (κ2) is 6.59. The lowest BCUT2D eigenvalue weighted by Gasteiger charge is -2.37. The Labute approximate surface area is 102 Å². The van der Waals surface area contributed by atoms with E-state index in [1.165, 1.54) is 0 Å². The molecular formula is C12H22N2O3. The average Bonchev–Trinajstić information content (AvgIpc) is 2.28. The van der Waals surface area contributed by atoms with E-state index in [9.17, 15) is 14.7 Å². The fourth-order valence-corrected chi connectivity index (χ4v) is 2.49. The molecule has 1 aliphatic rings. The van der Waals surface area contributed by atoms with Gasteiger partial charge in [0.1, 0.15) is 6.04 Å². The predicted molar refractivity (Wildman–Crippen MR) is 64.7 cm³/mol. The molecule has 0 saturated carbocycles. The molecule has 5 nitrogen and oxygen atoms in total. The van der Waals surface area contributed by atoms with E-state index in [2.05, 4.69) is 5.32 Å². The van der Waals surface area contributed by atoms with Crippen LogP contribution in [-0.4, -0.2) is 48.1 Å². The molecule has 0 radical (unpaired) electrons. The number of nitrogens with one attached hydrogen (secondary N) is 1. The highest BCUT2D eigenvalue weighted by atomic mass is 16.4. The SMILES string of the molecule is CNC(=O)CCCN1CCCC(C)C1C(=O)O. The molecule has 5 heteroatoms. The van der Waals surface area contributed by atoms with Gasteiger partial charge >= 0.3 is 5.97 Å². The minimum Gasteiger partial charge on any atom is -0.480 e. The van der Waals surface area contributed by atoms with Gasteiger partial charge in [-0.25, -0.2) is 0 Å². The average molecular weight is 242 g/mol. The van der Waals surface area contributed by atoms with Gasteiger partial charge in [-0.15, -0.1) is 0 Å². The molecule has 17 heavy (non-hydrogen) atoms. The molecule has 2 N–H and O–H groups in total. The molecule has 1 fully saturated rings. The molecule has 0 aromatic carbocycles. The minimum atomic E-state index is -0.739. The van der Waals surface area contributed by atoms with Crippen molar-refractivity contribution in [2.45, 2.75) is 38.6 Å². The summed E-state index contributed by atoms with van der Waals surface area (Å²) in [4.78, 5) is 24.3. The highest BCUT2D eigenvalue weighted by Crippen LogP contribution is 2.23. The number of hydrogen-bond acceptors (Lipinski definition) is 3. The number of amides is 1. The molecule has 0 aliphatic carbocycles. The number of likely N-dealkylation sites (tertiary alicyclic amines) is 1. The molecule has 1 saturated heterocycles. The smallest absolute Gasteiger partial charge is 0.321 e. The van der Waals surface area contributed by atoms with Crippen LogP contribution in [0.5, 0.6) is 0 Å². The van der Waals surface area contributed by atoms with Crippen molar-refractivity contribution < 1.29 is 14.7 Å². The largest absolute Gasteiger partial charge is 0.480 e. The number of piperidine rings is 1. The second-order valence-corrected chi connectivity index (χ2v) is 4.72. The molecule has 0 aromatic heterocycles. The highest BCUT2D eigenvalue weighted by molar-refractivity contribution is 5.75. The van der Waals surface area contributed by atoms with Gasteiger partial charge in [-0.05, 0) is 38.3 Å². The van der Waals surface area contributed by atoms with Crippen LogP contribution in [0.4, 0.5) is 0 Å². The fraction of sp³-hybridized carbons (Fsp3) is 0.833. The van der Waals surface area contributed by atoms with Gasteiger partial charge in [-0.3, -0.25) is 14.5 Å². The summed E-state index contributed by atoms with van der Waals surface area (Å²) in [5, 5.41) is 11.8. The Kier molecular flexibility index (Phi) is 5.41. The van der Waals surface area contributed by atoms with E-state index in [1.807, 2.05) is 11.8 Å². The number of carbonyl (C=O) groups is 2. The Morgan fingerprint density at radius 3 is 2.76 bits per heavy atom. The Hall–Kier alpha value is -1.10. The van der Waals surface area contributed by atoms with Gasteiger partial charge in [0, 0.05) is 13.5 Å². The third-order valence-electron chi connectivity index (χ3n) is 3.42. The van der Waals surface area contributed by atoms with E-state index in [4.69, 9.17) is 0 Å². The third-order valence-corrected chi connectivity index (χ3v) is 3.42. The third kappa shape index (κ3) is 4.00. The number of hydrogen-bond donors (Lipinski definition) is 2. The van der Waals surface area contributed by atoms with E-state index in [0.717, 1.165) is 25.8 Å². The summed E-state index contributed by atoms with van der Waals surface area (Å²) < 4.78 is 0. The van der Waals surface area contributed by atoms with Crippen LogP contribution in [-0.2, 0) is 9.59 Å². The first kappa shape index (κ1) is 14.0. The second-order valence-electron chi connectivity index (χ2n) is 4.72. The molecule has 1 heterocycles. The van der Waals surface area contributed by atoms with Crippen molar-refractivity contribution in [3.8, 4) is 0 Å². The van der Waals surface area contributed by atoms with Crippen LogP contribution in [0.3, 0.4) is 0 Å². The Bertz CT molecular complexity index is 281. The van der Waals surface area contributed by atoms with Gasteiger partial charge in [0.25, 0.3) is 0 Å². The van der Waals surface area contributed by atoms with Crippen LogP contribution in [0.2, 0.25) is 0 Å². The van der Waals surface area contributed by atoms with Crippen LogP contribution in [0.25, 0.3) is 0 Å². The number of nitrogens with zero attached hydrogens (tertiary/aromatic N) is 1. The van der Waals surface area contributed by atoms with Crippen molar-refractivity contribution in [3.63, 3.8) is 0 Å². The fourth-order valence-electron chi connectivity index (χ4n) is 2.49. The zero-order chi connectivity index (χ0) is 12.8. The molecular weight excluding hydrogens is 220 g/mol. The van der Waals surface area contributed by atoms with E-state index in [0.29, 0.717) is 13.0 Å². The summed E-state index contributed by atoms with van der Waals surface area (Å²) in [6.45, 7) is 3.51. The van der Waals surface area contributed by atoms with Gasteiger partial charge in [-0.1, -0.05) is 6.92 Å². The van der Waals surface area contributed by atoms with Crippen LogP contribution in [0.15, 0.2) is 0 Å². The summed E-state index contributed by atoms with van der Waals surface area (Å²) in [7, 11) is 1.62. The Morgan fingerprint density at radius 1 is 1.47 bits per heavy atom. The maximum Gasteiger partial charge on any atom is 0.321 e. The zero-order valence-electron chi connectivity index (χ0n) is 10.6. The van der Waals surface area contributed by atoms with Crippen molar-refractivity contribution in [2.75, 3.05) is 20.1 Å². The van der Waals surface area contributed by atoms with E-state index in [1.54, 1.807) is 7.05 Å². The van der Waals surface area contributed by atoms with Crippen LogP contribution < -0.4 is 5.32 Å². The molecule has 0 aromatic rings. The summed E-state index contributed by atoms with van der Waals surface area (Å²) in [6, 6.07) is -0.381.